The van der Waals surface area contributed by atoms with Crippen molar-refractivity contribution in [1.29, 1.82) is 0 Å². The number of fused-ring (bicyclic) bond motifs is 1. The van der Waals surface area contributed by atoms with Gasteiger partial charge in [0.1, 0.15) is 0 Å². The first-order chi connectivity index (χ1) is 13.0. The molecule has 7 heteroatoms. The number of aromatic nitrogens is 3. The average molecular weight is 374 g/mol. The quantitative estimate of drug-likeness (QED) is 0.720. The lowest BCUT2D eigenvalue weighted by Gasteiger charge is -2.23. The number of nitrogens with zero attached hydrogens (tertiary/aromatic N) is 4. The molecule has 0 spiro atoms. The van der Waals surface area contributed by atoms with Crippen molar-refractivity contribution in [2.24, 2.45) is 5.92 Å². The van der Waals surface area contributed by atoms with Crippen LogP contribution in [0.2, 0.25) is 0 Å². The van der Waals surface area contributed by atoms with Crippen LogP contribution in [0.3, 0.4) is 0 Å². The maximum Gasteiger partial charge on any atom is 0.220 e. The minimum absolute atomic E-state index is 0.0974. The predicted molar refractivity (Wildman–Crippen MR) is 104 cm³/mol. The fourth-order valence-corrected chi connectivity index (χ4v) is 3.64. The van der Waals surface area contributed by atoms with Crippen molar-refractivity contribution < 1.29 is 9.53 Å². The van der Waals surface area contributed by atoms with E-state index in [-0.39, 0.29) is 11.8 Å². The van der Waals surface area contributed by atoms with E-state index < -0.39 is 0 Å². The lowest BCUT2D eigenvalue weighted by Crippen LogP contribution is -2.33. The smallest absolute Gasteiger partial charge is 0.220 e. The summed E-state index contributed by atoms with van der Waals surface area (Å²) in [5, 5.41) is 7.40. The number of hydrogen-bond acceptors (Lipinski definition) is 4. The Labute approximate surface area is 161 Å². The van der Waals surface area contributed by atoms with E-state index in [1.807, 2.05) is 10.9 Å². The van der Waals surface area contributed by atoms with Gasteiger partial charge in [-0.05, 0) is 31.9 Å². The van der Waals surface area contributed by atoms with Crippen molar-refractivity contribution in [2.75, 3.05) is 26.8 Å². The summed E-state index contributed by atoms with van der Waals surface area (Å²) in [5.74, 6) is 0.376. The van der Waals surface area contributed by atoms with Crippen LogP contribution in [-0.4, -0.2) is 52.0 Å². The monoisotopic (exact) mass is 373 g/mol. The van der Waals surface area contributed by atoms with Gasteiger partial charge in [0, 0.05) is 75.9 Å². The molecule has 1 aliphatic heterocycles. The van der Waals surface area contributed by atoms with Crippen LogP contribution in [0.5, 0.6) is 0 Å². The second kappa shape index (κ2) is 9.19. The highest BCUT2D eigenvalue weighted by molar-refractivity contribution is 5.76. The summed E-state index contributed by atoms with van der Waals surface area (Å²) < 4.78 is 9.28. The normalized spacial score (nSPS) is 17.7. The Morgan fingerprint density at radius 3 is 3.00 bits per heavy atom. The Balaban J connectivity index is 1.65. The Kier molecular flexibility index (Phi) is 6.68. The van der Waals surface area contributed by atoms with Crippen LogP contribution in [0.15, 0.2) is 30.7 Å². The second-order valence-electron chi connectivity index (χ2n) is 7.66. The van der Waals surface area contributed by atoms with Gasteiger partial charge < -0.3 is 14.6 Å². The molecule has 0 bridgehead atoms. The third kappa shape index (κ3) is 5.43. The first-order valence-electron chi connectivity index (χ1n) is 9.70. The Morgan fingerprint density at radius 2 is 2.26 bits per heavy atom. The van der Waals surface area contributed by atoms with Crippen molar-refractivity contribution in [3.05, 3.63) is 42.0 Å². The van der Waals surface area contributed by atoms with Gasteiger partial charge in [-0.1, -0.05) is 0 Å². The molecule has 3 rings (SSSR count). The van der Waals surface area contributed by atoms with Gasteiger partial charge in [-0.3, -0.25) is 14.4 Å². The summed E-state index contributed by atoms with van der Waals surface area (Å²) in [4.78, 5) is 14.7. The van der Waals surface area contributed by atoms with E-state index in [0.29, 0.717) is 25.6 Å². The van der Waals surface area contributed by atoms with Crippen LogP contribution in [0.1, 0.15) is 37.6 Å². The number of carbonyl (C=O) groups is 1. The number of amides is 1. The second-order valence-corrected chi connectivity index (χ2v) is 7.66. The summed E-state index contributed by atoms with van der Waals surface area (Å²) in [5.41, 5.74) is 2.51. The van der Waals surface area contributed by atoms with E-state index in [1.165, 1.54) is 11.3 Å². The number of rotatable bonds is 8. The number of methoxy groups -OCH3 is 1. The molecule has 27 heavy (non-hydrogen) atoms. The van der Waals surface area contributed by atoms with Crippen molar-refractivity contribution in [3.8, 4) is 0 Å². The number of ether oxygens (including phenoxy) is 1. The fourth-order valence-electron chi connectivity index (χ4n) is 3.64. The molecule has 0 fully saturated rings. The largest absolute Gasteiger partial charge is 0.383 e. The standard InChI is InChI=1S/C20H31N5O2/c1-16(2)25-14-18(10-22-25)12-23-11-17(9-20(26)21-6-8-27-3)13-24-7-4-5-19(24)15-23/h4-5,7,10,14,16-17H,6,8-9,11-13,15H2,1-3H3,(H,21,26). The average Bonchev–Trinajstić information content (AvgIpc) is 3.22. The highest BCUT2D eigenvalue weighted by Gasteiger charge is 2.24. The molecular formula is C20H31N5O2. The SMILES string of the molecule is COCCNC(=O)CC1CN(Cc2cnn(C(C)C)c2)Cc2cccn2C1. The topological polar surface area (TPSA) is 64.3 Å². The fraction of sp³-hybridized carbons (Fsp3) is 0.600. The van der Waals surface area contributed by atoms with Crippen molar-refractivity contribution in [2.45, 2.75) is 45.9 Å². The molecule has 1 atom stereocenters. The van der Waals surface area contributed by atoms with Crippen LogP contribution in [0.25, 0.3) is 0 Å². The zero-order chi connectivity index (χ0) is 19.2. The molecule has 7 nitrogen and oxygen atoms in total. The third-order valence-electron chi connectivity index (χ3n) is 4.97. The van der Waals surface area contributed by atoms with E-state index >= 15 is 0 Å². The molecule has 2 aromatic rings. The first-order valence-corrected chi connectivity index (χ1v) is 9.70. The van der Waals surface area contributed by atoms with Gasteiger partial charge in [0.05, 0.1) is 12.8 Å². The molecule has 1 N–H and O–H groups in total. The van der Waals surface area contributed by atoms with E-state index in [1.54, 1.807) is 7.11 Å². The van der Waals surface area contributed by atoms with Crippen LogP contribution in [0.4, 0.5) is 0 Å². The van der Waals surface area contributed by atoms with Crippen LogP contribution in [0, 0.1) is 5.92 Å². The molecule has 0 radical (unpaired) electrons. The van der Waals surface area contributed by atoms with Crippen molar-refractivity contribution in [1.82, 2.24) is 24.6 Å². The van der Waals surface area contributed by atoms with Crippen LogP contribution in [-0.2, 0) is 29.2 Å². The molecule has 0 aliphatic carbocycles. The van der Waals surface area contributed by atoms with Gasteiger partial charge >= 0.3 is 0 Å². The zero-order valence-corrected chi connectivity index (χ0v) is 16.6. The van der Waals surface area contributed by atoms with Gasteiger partial charge in [-0.15, -0.1) is 0 Å². The Bertz CT molecular complexity index is 736. The maximum atomic E-state index is 12.3. The molecule has 2 aromatic heterocycles. The molecule has 1 unspecified atom stereocenters. The predicted octanol–water partition coefficient (Wildman–Crippen LogP) is 2.05. The van der Waals surface area contributed by atoms with E-state index in [4.69, 9.17) is 4.74 Å². The van der Waals surface area contributed by atoms with Gasteiger partial charge in [0.15, 0.2) is 0 Å². The van der Waals surface area contributed by atoms with Gasteiger partial charge in [-0.25, -0.2) is 0 Å². The first kappa shape index (κ1) is 19.6. The molecule has 1 amide bonds. The number of hydrogen-bond donors (Lipinski definition) is 1. The highest BCUT2D eigenvalue weighted by Crippen LogP contribution is 2.21. The Hall–Kier alpha value is -2.12. The van der Waals surface area contributed by atoms with Crippen molar-refractivity contribution in [3.63, 3.8) is 0 Å². The van der Waals surface area contributed by atoms with E-state index in [2.05, 4.69) is 58.3 Å². The highest BCUT2D eigenvalue weighted by atomic mass is 16.5. The summed E-state index contributed by atoms with van der Waals surface area (Å²) >= 11 is 0. The number of carbonyl (C=O) groups excluding carboxylic acids is 1. The minimum atomic E-state index is 0.0974. The van der Waals surface area contributed by atoms with Crippen LogP contribution < -0.4 is 5.32 Å². The maximum absolute atomic E-state index is 12.3. The van der Waals surface area contributed by atoms with E-state index in [0.717, 1.165) is 26.2 Å². The molecule has 0 saturated carbocycles. The molecule has 1 aliphatic rings. The molecule has 148 valence electrons. The van der Waals surface area contributed by atoms with Crippen LogP contribution >= 0.6 is 0 Å². The van der Waals surface area contributed by atoms with E-state index in [9.17, 15) is 4.79 Å². The molecule has 0 aromatic carbocycles. The lowest BCUT2D eigenvalue weighted by atomic mass is 10.0. The van der Waals surface area contributed by atoms with Gasteiger partial charge in [0.2, 0.25) is 5.91 Å². The summed E-state index contributed by atoms with van der Waals surface area (Å²) in [6, 6.07) is 4.63. The zero-order valence-electron chi connectivity index (χ0n) is 16.6. The molecular weight excluding hydrogens is 342 g/mol. The van der Waals surface area contributed by atoms with Crippen molar-refractivity contribution >= 4 is 5.91 Å². The molecule has 3 heterocycles. The molecule has 0 saturated heterocycles. The third-order valence-corrected chi connectivity index (χ3v) is 4.97. The summed E-state index contributed by atoms with van der Waals surface area (Å²) in [7, 11) is 1.64. The summed E-state index contributed by atoms with van der Waals surface area (Å²) in [6.45, 7) is 8.88. The summed E-state index contributed by atoms with van der Waals surface area (Å²) in [6.07, 6.45) is 6.73. The van der Waals surface area contributed by atoms with Gasteiger partial charge in [0.25, 0.3) is 0 Å². The Morgan fingerprint density at radius 1 is 1.41 bits per heavy atom. The number of nitrogens with one attached hydrogen (secondary N) is 1. The minimum Gasteiger partial charge on any atom is -0.383 e. The lowest BCUT2D eigenvalue weighted by molar-refractivity contribution is -0.122. The van der Waals surface area contributed by atoms with Gasteiger partial charge in [-0.2, -0.15) is 5.10 Å².